The Hall–Kier alpha value is -2.66. The van der Waals surface area contributed by atoms with Crippen molar-refractivity contribution in [2.24, 2.45) is 5.92 Å². The van der Waals surface area contributed by atoms with Gasteiger partial charge in [0.15, 0.2) is 0 Å². The first-order chi connectivity index (χ1) is 15.4. The lowest BCUT2D eigenvalue weighted by atomic mass is 9.92. The molecule has 5 nitrogen and oxygen atoms in total. The summed E-state index contributed by atoms with van der Waals surface area (Å²) in [7, 11) is 0. The Bertz CT molecular complexity index is 983. The number of aryl methyl sites for hydroxylation is 3. The SMILES string of the molecule is Cc1ccc(NC(=O)CCN2CCCC(C(=O)N3CCc4cc(C)c(C)cc4C3)C2)cc1. The summed E-state index contributed by atoms with van der Waals surface area (Å²) in [5.74, 6) is 0.347. The molecule has 2 aromatic carbocycles. The standard InChI is InChI=1S/C27H35N3O2/c1-19-6-8-25(9-7-19)28-26(31)11-13-29-12-4-5-23(17-29)27(32)30-14-10-22-15-20(2)21(3)16-24(22)18-30/h6-9,15-16,23H,4-5,10-14,17-18H2,1-3H3,(H,28,31). The van der Waals surface area contributed by atoms with Gasteiger partial charge in [0.2, 0.25) is 11.8 Å². The Balaban J connectivity index is 1.28. The quantitative estimate of drug-likeness (QED) is 0.767. The van der Waals surface area contributed by atoms with Crippen LogP contribution in [0.5, 0.6) is 0 Å². The van der Waals surface area contributed by atoms with Gasteiger partial charge in [-0.2, -0.15) is 0 Å². The Kier molecular flexibility index (Phi) is 6.95. The first-order valence-corrected chi connectivity index (χ1v) is 11.9. The number of piperidine rings is 1. The molecule has 5 heteroatoms. The topological polar surface area (TPSA) is 52.7 Å². The number of amides is 2. The highest BCUT2D eigenvalue weighted by Crippen LogP contribution is 2.26. The number of anilines is 1. The maximum absolute atomic E-state index is 13.3. The summed E-state index contributed by atoms with van der Waals surface area (Å²) in [6.45, 7) is 10.3. The van der Waals surface area contributed by atoms with E-state index in [2.05, 4.69) is 41.1 Å². The van der Waals surface area contributed by atoms with E-state index in [0.29, 0.717) is 13.0 Å². The minimum atomic E-state index is 0.0283. The number of hydrogen-bond donors (Lipinski definition) is 1. The maximum atomic E-state index is 13.3. The first kappa shape index (κ1) is 22.5. The monoisotopic (exact) mass is 433 g/mol. The Labute approximate surface area is 191 Å². The van der Waals surface area contributed by atoms with E-state index in [-0.39, 0.29) is 17.7 Å². The van der Waals surface area contributed by atoms with E-state index < -0.39 is 0 Å². The van der Waals surface area contributed by atoms with E-state index in [9.17, 15) is 9.59 Å². The summed E-state index contributed by atoms with van der Waals surface area (Å²) in [5.41, 5.74) is 7.33. The van der Waals surface area contributed by atoms with Crippen molar-refractivity contribution in [1.29, 1.82) is 0 Å². The molecule has 2 aromatic rings. The predicted molar refractivity (Wildman–Crippen MR) is 129 cm³/mol. The number of fused-ring (bicyclic) bond motifs is 1. The molecule has 1 fully saturated rings. The van der Waals surface area contributed by atoms with Crippen LogP contribution in [0.3, 0.4) is 0 Å². The minimum Gasteiger partial charge on any atom is -0.338 e. The summed E-state index contributed by atoms with van der Waals surface area (Å²) in [6, 6.07) is 12.4. The first-order valence-electron chi connectivity index (χ1n) is 11.9. The van der Waals surface area contributed by atoms with E-state index >= 15 is 0 Å². The van der Waals surface area contributed by atoms with Crippen molar-refractivity contribution in [3.63, 3.8) is 0 Å². The van der Waals surface area contributed by atoms with E-state index in [0.717, 1.165) is 51.1 Å². The van der Waals surface area contributed by atoms with Gasteiger partial charge in [0.25, 0.3) is 0 Å². The molecule has 0 aromatic heterocycles. The fourth-order valence-electron chi connectivity index (χ4n) is 4.88. The summed E-state index contributed by atoms with van der Waals surface area (Å²) >= 11 is 0. The second kappa shape index (κ2) is 9.86. The van der Waals surface area contributed by atoms with Crippen molar-refractivity contribution in [2.45, 2.75) is 53.0 Å². The molecule has 0 aliphatic carbocycles. The molecule has 1 saturated heterocycles. The molecule has 0 radical (unpaired) electrons. The molecule has 0 saturated carbocycles. The van der Waals surface area contributed by atoms with E-state index in [4.69, 9.17) is 0 Å². The normalized spacial score (nSPS) is 18.8. The Morgan fingerprint density at radius 3 is 2.47 bits per heavy atom. The van der Waals surface area contributed by atoms with Gasteiger partial charge in [-0.3, -0.25) is 9.59 Å². The van der Waals surface area contributed by atoms with Crippen LogP contribution in [-0.4, -0.2) is 47.8 Å². The molecule has 170 valence electrons. The molecule has 2 amide bonds. The van der Waals surface area contributed by atoms with Crippen LogP contribution < -0.4 is 5.32 Å². The van der Waals surface area contributed by atoms with Gasteiger partial charge in [0.1, 0.15) is 0 Å². The lowest BCUT2D eigenvalue weighted by Crippen LogP contribution is -2.46. The van der Waals surface area contributed by atoms with E-state index in [1.165, 1.54) is 27.8 Å². The third-order valence-corrected chi connectivity index (χ3v) is 6.99. The van der Waals surface area contributed by atoms with Crippen molar-refractivity contribution in [3.8, 4) is 0 Å². The molecule has 0 bridgehead atoms. The fraction of sp³-hybridized carbons (Fsp3) is 0.481. The smallest absolute Gasteiger partial charge is 0.227 e. The van der Waals surface area contributed by atoms with Crippen molar-refractivity contribution in [2.75, 3.05) is 31.5 Å². The number of nitrogens with zero attached hydrogens (tertiary/aromatic N) is 2. The highest BCUT2D eigenvalue weighted by atomic mass is 16.2. The van der Waals surface area contributed by atoms with Crippen molar-refractivity contribution in [1.82, 2.24) is 9.80 Å². The van der Waals surface area contributed by atoms with Gasteiger partial charge in [-0.15, -0.1) is 0 Å². The Morgan fingerprint density at radius 2 is 1.72 bits per heavy atom. The summed E-state index contributed by atoms with van der Waals surface area (Å²) in [6.07, 6.45) is 3.35. The van der Waals surface area contributed by atoms with Crippen LogP contribution in [0.4, 0.5) is 5.69 Å². The maximum Gasteiger partial charge on any atom is 0.227 e. The average molecular weight is 434 g/mol. The number of benzene rings is 2. The fourth-order valence-corrected chi connectivity index (χ4v) is 4.88. The lowest BCUT2D eigenvalue weighted by Gasteiger charge is -2.37. The molecule has 1 N–H and O–H groups in total. The lowest BCUT2D eigenvalue weighted by molar-refractivity contribution is -0.138. The van der Waals surface area contributed by atoms with Crippen LogP contribution in [-0.2, 0) is 22.6 Å². The number of likely N-dealkylation sites (tertiary alicyclic amines) is 1. The second-order valence-electron chi connectivity index (χ2n) is 9.52. The number of carbonyl (C=O) groups is 2. The van der Waals surface area contributed by atoms with Gasteiger partial charge in [-0.05, 0) is 81.0 Å². The number of rotatable bonds is 5. The molecular formula is C27H35N3O2. The summed E-state index contributed by atoms with van der Waals surface area (Å²) in [4.78, 5) is 30.0. The highest BCUT2D eigenvalue weighted by Gasteiger charge is 2.31. The van der Waals surface area contributed by atoms with Gasteiger partial charge < -0.3 is 15.1 Å². The van der Waals surface area contributed by atoms with Crippen molar-refractivity contribution in [3.05, 3.63) is 64.2 Å². The van der Waals surface area contributed by atoms with Crippen molar-refractivity contribution >= 4 is 17.5 Å². The van der Waals surface area contributed by atoms with Crippen LogP contribution in [0.1, 0.15) is 47.1 Å². The zero-order chi connectivity index (χ0) is 22.7. The molecule has 1 unspecified atom stereocenters. The Morgan fingerprint density at radius 1 is 1.00 bits per heavy atom. The highest BCUT2D eigenvalue weighted by molar-refractivity contribution is 5.90. The number of nitrogens with one attached hydrogen (secondary N) is 1. The molecular weight excluding hydrogens is 398 g/mol. The van der Waals surface area contributed by atoms with E-state index in [1.54, 1.807) is 0 Å². The van der Waals surface area contributed by atoms with Crippen LogP contribution in [0, 0.1) is 26.7 Å². The third-order valence-electron chi connectivity index (χ3n) is 6.99. The molecule has 0 spiro atoms. The second-order valence-corrected chi connectivity index (χ2v) is 9.52. The van der Waals surface area contributed by atoms with Crippen LogP contribution in [0.15, 0.2) is 36.4 Å². The summed E-state index contributed by atoms with van der Waals surface area (Å²) in [5, 5.41) is 2.97. The number of hydrogen-bond acceptors (Lipinski definition) is 3. The molecule has 2 heterocycles. The van der Waals surface area contributed by atoms with Crippen molar-refractivity contribution < 1.29 is 9.59 Å². The molecule has 2 aliphatic rings. The van der Waals surface area contributed by atoms with Gasteiger partial charge >= 0.3 is 0 Å². The van der Waals surface area contributed by atoms with Gasteiger partial charge in [-0.1, -0.05) is 29.8 Å². The predicted octanol–water partition coefficient (Wildman–Crippen LogP) is 4.24. The minimum absolute atomic E-state index is 0.0283. The zero-order valence-electron chi connectivity index (χ0n) is 19.6. The third kappa shape index (κ3) is 5.39. The van der Waals surface area contributed by atoms with Crippen LogP contribution in [0.25, 0.3) is 0 Å². The average Bonchev–Trinajstić information content (AvgIpc) is 2.79. The summed E-state index contributed by atoms with van der Waals surface area (Å²) < 4.78 is 0. The molecule has 32 heavy (non-hydrogen) atoms. The molecule has 4 rings (SSSR count). The van der Waals surface area contributed by atoms with Crippen LogP contribution >= 0.6 is 0 Å². The van der Waals surface area contributed by atoms with Gasteiger partial charge in [0, 0.05) is 38.3 Å². The molecule has 2 aliphatic heterocycles. The van der Waals surface area contributed by atoms with Gasteiger partial charge in [-0.25, -0.2) is 0 Å². The largest absolute Gasteiger partial charge is 0.338 e. The van der Waals surface area contributed by atoms with Gasteiger partial charge in [0.05, 0.1) is 5.92 Å². The number of carbonyl (C=O) groups excluding carboxylic acids is 2. The molecule has 1 atom stereocenters. The zero-order valence-corrected chi connectivity index (χ0v) is 19.6. The van der Waals surface area contributed by atoms with E-state index in [1.807, 2.05) is 31.2 Å². The van der Waals surface area contributed by atoms with Crippen LogP contribution in [0.2, 0.25) is 0 Å².